The smallest absolute Gasteiger partial charge is 0.224 e. The van der Waals surface area contributed by atoms with Crippen molar-refractivity contribution in [2.24, 2.45) is 11.8 Å². The van der Waals surface area contributed by atoms with Gasteiger partial charge in [-0.25, -0.2) is 0 Å². The normalized spacial score (nSPS) is 30.8. The van der Waals surface area contributed by atoms with E-state index in [4.69, 9.17) is 0 Å². The second kappa shape index (κ2) is 7.28. The Kier molecular flexibility index (Phi) is 5.68. The fourth-order valence-corrected chi connectivity index (χ4v) is 3.61. The summed E-state index contributed by atoms with van der Waals surface area (Å²) in [5, 5.41) is 6.76. The van der Waals surface area contributed by atoms with Gasteiger partial charge in [-0.1, -0.05) is 26.2 Å². The fourth-order valence-electron chi connectivity index (χ4n) is 3.61. The number of amides is 1. The SMILES string of the molecule is CCC(NC(=O)C1CCC(C)NC1)C1CCCCC1. The van der Waals surface area contributed by atoms with E-state index in [0.29, 0.717) is 12.1 Å². The van der Waals surface area contributed by atoms with Crippen molar-refractivity contribution in [3.05, 3.63) is 0 Å². The van der Waals surface area contributed by atoms with Crippen molar-refractivity contribution in [1.82, 2.24) is 10.6 Å². The minimum atomic E-state index is 0.189. The maximum absolute atomic E-state index is 12.4. The monoisotopic (exact) mass is 266 g/mol. The third-order valence-electron chi connectivity index (χ3n) is 5.02. The number of carbonyl (C=O) groups is 1. The van der Waals surface area contributed by atoms with Crippen LogP contribution in [0.15, 0.2) is 0 Å². The van der Waals surface area contributed by atoms with Crippen molar-refractivity contribution in [2.75, 3.05) is 6.54 Å². The van der Waals surface area contributed by atoms with Crippen molar-refractivity contribution < 1.29 is 4.79 Å². The molecule has 1 amide bonds. The highest BCUT2D eigenvalue weighted by Gasteiger charge is 2.28. The summed E-state index contributed by atoms with van der Waals surface area (Å²) in [7, 11) is 0. The largest absolute Gasteiger partial charge is 0.353 e. The van der Waals surface area contributed by atoms with Gasteiger partial charge in [-0.15, -0.1) is 0 Å². The summed E-state index contributed by atoms with van der Waals surface area (Å²) in [6, 6.07) is 0.983. The van der Waals surface area contributed by atoms with Gasteiger partial charge < -0.3 is 10.6 Å². The van der Waals surface area contributed by atoms with Crippen LogP contribution in [-0.4, -0.2) is 24.5 Å². The van der Waals surface area contributed by atoms with Crippen molar-refractivity contribution in [3.63, 3.8) is 0 Å². The second-order valence-corrected chi connectivity index (χ2v) is 6.50. The molecule has 1 aliphatic carbocycles. The summed E-state index contributed by atoms with van der Waals surface area (Å²) < 4.78 is 0. The van der Waals surface area contributed by atoms with Gasteiger partial charge in [0.1, 0.15) is 0 Å². The second-order valence-electron chi connectivity index (χ2n) is 6.50. The molecule has 3 heteroatoms. The molecule has 19 heavy (non-hydrogen) atoms. The van der Waals surface area contributed by atoms with Gasteiger partial charge >= 0.3 is 0 Å². The molecule has 1 aliphatic heterocycles. The predicted octanol–water partition coefficient (Wildman–Crippen LogP) is 2.85. The Morgan fingerprint density at radius 1 is 1.21 bits per heavy atom. The summed E-state index contributed by atoms with van der Waals surface area (Å²) in [6.45, 7) is 5.26. The minimum absolute atomic E-state index is 0.189. The third-order valence-corrected chi connectivity index (χ3v) is 5.02. The Labute approximate surface area is 117 Å². The summed E-state index contributed by atoms with van der Waals surface area (Å²) in [4.78, 5) is 12.4. The first kappa shape index (κ1) is 14.8. The highest BCUT2D eigenvalue weighted by molar-refractivity contribution is 5.79. The molecule has 2 rings (SSSR count). The zero-order valence-electron chi connectivity index (χ0n) is 12.6. The number of piperidine rings is 1. The summed E-state index contributed by atoms with van der Waals surface area (Å²) >= 11 is 0. The van der Waals surface area contributed by atoms with Crippen LogP contribution >= 0.6 is 0 Å². The van der Waals surface area contributed by atoms with E-state index < -0.39 is 0 Å². The molecule has 0 radical (unpaired) electrons. The quantitative estimate of drug-likeness (QED) is 0.821. The van der Waals surface area contributed by atoms with E-state index in [2.05, 4.69) is 24.5 Å². The molecule has 3 nitrogen and oxygen atoms in total. The molecule has 1 saturated carbocycles. The number of hydrogen-bond donors (Lipinski definition) is 2. The Morgan fingerprint density at radius 2 is 1.95 bits per heavy atom. The highest BCUT2D eigenvalue weighted by Crippen LogP contribution is 2.28. The first-order valence-electron chi connectivity index (χ1n) is 8.24. The van der Waals surface area contributed by atoms with E-state index >= 15 is 0 Å². The van der Waals surface area contributed by atoms with Gasteiger partial charge in [0.25, 0.3) is 0 Å². The number of hydrogen-bond acceptors (Lipinski definition) is 2. The van der Waals surface area contributed by atoms with Crippen LogP contribution in [0.2, 0.25) is 0 Å². The molecule has 1 heterocycles. The molecule has 0 aromatic heterocycles. The van der Waals surface area contributed by atoms with E-state index in [9.17, 15) is 4.79 Å². The Hall–Kier alpha value is -0.570. The van der Waals surface area contributed by atoms with Gasteiger partial charge in [0, 0.05) is 18.6 Å². The average molecular weight is 266 g/mol. The molecule has 3 atom stereocenters. The molecule has 1 saturated heterocycles. The Bertz CT molecular complexity index is 278. The fraction of sp³-hybridized carbons (Fsp3) is 0.938. The van der Waals surface area contributed by atoms with E-state index in [1.165, 1.54) is 32.1 Å². The zero-order chi connectivity index (χ0) is 13.7. The van der Waals surface area contributed by atoms with Gasteiger partial charge in [0.15, 0.2) is 0 Å². The van der Waals surface area contributed by atoms with E-state index in [1.54, 1.807) is 0 Å². The summed E-state index contributed by atoms with van der Waals surface area (Å²) in [6.07, 6.45) is 9.92. The lowest BCUT2D eigenvalue weighted by Crippen LogP contribution is -2.48. The topological polar surface area (TPSA) is 41.1 Å². The van der Waals surface area contributed by atoms with Crippen LogP contribution < -0.4 is 10.6 Å². The molecular formula is C16H30N2O. The number of carbonyl (C=O) groups excluding carboxylic acids is 1. The van der Waals surface area contributed by atoms with Crippen molar-refractivity contribution in [2.45, 2.75) is 77.3 Å². The lowest BCUT2D eigenvalue weighted by atomic mass is 9.82. The number of rotatable bonds is 4. The van der Waals surface area contributed by atoms with E-state index in [1.807, 2.05) is 0 Å². The lowest BCUT2D eigenvalue weighted by molar-refractivity contribution is -0.126. The predicted molar refractivity (Wildman–Crippen MR) is 79.0 cm³/mol. The van der Waals surface area contributed by atoms with Gasteiger partial charge in [-0.3, -0.25) is 4.79 Å². The van der Waals surface area contributed by atoms with Crippen LogP contribution in [0.5, 0.6) is 0 Å². The van der Waals surface area contributed by atoms with Gasteiger partial charge in [0.05, 0.1) is 5.92 Å². The summed E-state index contributed by atoms with van der Waals surface area (Å²) in [5.41, 5.74) is 0. The Balaban J connectivity index is 1.81. The van der Waals surface area contributed by atoms with Crippen LogP contribution in [0.25, 0.3) is 0 Å². The zero-order valence-corrected chi connectivity index (χ0v) is 12.6. The first-order valence-corrected chi connectivity index (χ1v) is 8.24. The van der Waals surface area contributed by atoms with Gasteiger partial charge in [0.2, 0.25) is 5.91 Å². The molecule has 0 aromatic rings. The molecule has 0 spiro atoms. The van der Waals surface area contributed by atoms with Gasteiger partial charge in [-0.2, -0.15) is 0 Å². The van der Waals surface area contributed by atoms with Crippen molar-refractivity contribution in [1.29, 1.82) is 0 Å². The molecule has 110 valence electrons. The van der Waals surface area contributed by atoms with Crippen LogP contribution in [0.3, 0.4) is 0 Å². The highest BCUT2D eigenvalue weighted by atomic mass is 16.2. The maximum Gasteiger partial charge on any atom is 0.224 e. The average Bonchev–Trinajstić information content (AvgIpc) is 2.46. The van der Waals surface area contributed by atoms with Gasteiger partial charge in [-0.05, 0) is 44.9 Å². The lowest BCUT2D eigenvalue weighted by Gasteiger charge is -2.33. The molecular weight excluding hydrogens is 236 g/mol. The maximum atomic E-state index is 12.4. The standard InChI is InChI=1S/C16H30N2O/c1-3-15(13-7-5-4-6-8-13)18-16(19)14-10-9-12(2)17-11-14/h12-15,17H,3-11H2,1-2H3,(H,18,19). The van der Waals surface area contributed by atoms with Crippen molar-refractivity contribution in [3.8, 4) is 0 Å². The molecule has 2 aliphatic rings. The molecule has 2 N–H and O–H groups in total. The minimum Gasteiger partial charge on any atom is -0.353 e. The molecule has 0 aromatic carbocycles. The van der Waals surface area contributed by atoms with Crippen LogP contribution in [0.1, 0.15) is 65.2 Å². The Morgan fingerprint density at radius 3 is 2.53 bits per heavy atom. The van der Waals surface area contributed by atoms with Crippen LogP contribution in [0.4, 0.5) is 0 Å². The molecule has 0 bridgehead atoms. The summed E-state index contributed by atoms with van der Waals surface area (Å²) in [5.74, 6) is 1.20. The van der Waals surface area contributed by atoms with Crippen LogP contribution in [0, 0.1) is 11.8 Å². The van der Waals surface area contributed by atoms with Crippen LogP contribution in [-0.2, 0) is 4.79 Å². The first-order chi connectivity index (χ1) is 9.20. The third kappa shape index (κ3) is 4.20. The molecule has 2 fully saturated rings. The molecule has 3 unspecified atom stereocenters. The van der Waals surface area contributed by atoms with Crippen molar-refractivity contribution >= 4 is 5.91 Å². The van der Waals surface area contributed by atoms with E-state index in [0.717, 1.165) is 31.7 Å². The number of nitrogens with one attached hydrogen (secondary N) is 2. The van der Waals surface area contributed by atoms with E-state index in [-0.39, 0.29) is 11.8 Å².